The molecule has 0 fully saturated rings. The summed E-state index contributed by atoms with van der Waals surface area (Å²) in [5.41, 5.74) is 1.77. The molecule has 0 spiro atoms. The maximum Gasteiger partial charge on any atom is 0.171 e. The molecule has 1 heterocycles. The Kier molecular flexibility index (Phi) is 5.15. The van der Waals surface area contributed by atoms with E-state index >= 15 is 0 Å². The van der Waals surface area contributed by atoms with Crippen LogP contribution in [-0.2, 0) is 4.74 Å². The zero-order valence-electron chi connectivity index (χ0n) is 11.1. The Balaban J connectivity index is 2.68. The van der Waals surface area contributed by atoms with Gasteiger partial charge in [0.05, 0.1) is 24.1 Å². The average Bonchev–Trinajstić information content (AvgIpc) is 2.22. The topological polar surface area (TPSA) is 38.2 Å². The van der Waals surface area contributed by atoms with Gasteiger partial charge in [0.1, 0.15) is 0 Å². The molecule has 0 saturated carbocycles. The van der Waals surface area contributed by atoms with Crippen molar-refractivity contribution in [3.05, 3.63) is 16.5 Å². The summed E-state index contributed by atoms with van der Waals surface area (Å²) in [5.74, 6) is 0.710. The average molecular weight is 258 g/mol. The van der Waals surface area contributed by atoms with Crippen LogP contribution in [0.15, 0.2) is 0 Å². The highest BCUT2D eigenvalue weighted by Crippen LogP contribution is 2.21. The molecule has 0 unspecified atom stereocenters. The normalized spacial score (nSPS) is 11.0. The largest absolute Gasteiger partial charge is 0.377 e. The molecule has 0 radical (unpaired) electrons. The van der Waals surface area contributed by atoms with Crippen molar-refractivity contribution in [1.82, 2.24) is 9.97 Å². The lowest BCUT2D eigenvalue weighted by atomic mass is 10.3. The highest BCUT2D eigenvalue weighted by molar-refractivity contribution is 6.31. The number of aryl methyl sites for hydroxylation is 2. The smallest absolute Gasteiger partial charge is 0.171 e. The quantitative estimate of drug-likeness (QED) is 0.813. The van der Waals surface area contributed by atoms with Gasteiger partial charge in [0.25, 0.3) is 0 Å². The van der Waals surface area contributed by atoms with Crippen molar-refractivity contribution in [1.29, 1.82) is 0 Å². The summed E-state index contributed by atoms with van der Waals surface area (Å²) in [4.78, 5) is 10.7. The van der Waals surface area contributed by atoms with E-state index < -0.39 is 0 Å². The van der Waals surface area contributed by atoms with E-state index in [1.807, 2.05) is 39.6 Å². The molecule has 17 heavy (non-hydrogen) atoms. The molecule has 0 aliphatic carbocycles. The van der Waals surface area contributed by atoms with Gasteiger partial charge in [0.2, 0.25) is 0 Å². The van der Waals surface area contributed by atoms with Gasteiger partial charge >= 0.3 is 0 Å². The number of hydrogen-bond donors (Lipinski definition) is 0. The first kappa shape index (κ1) is 14.2. The Bertz CT molecular complexity index is 382. The molecule has 0 aliphatic rings. The van der Waals surface area contributed by atoms with Crippen molar-refractivity contribution in [2.45, 2.75) is 33.8 Å². The Hall–Kier alpha value is -0.870. The third-order valence-corrected chi connectivity index (χ3v) is 2.74. The fourth-order valence-corrected chi connectivity index (χ4v) is 1.65. The second-order valence-corrected chi connectivity index (χ2v) is 4.71. The van der Waals surface area contributed by atoms with Crippen LogP contribution in [0.2, 0.25) is 5.15 Å². The number of aromatic nitrogens is 2. The predicted octanol–water partition coefficient (Wildman–Crippen LogP) is 2.61. The highest BCUT2D eigenvalue weighted by atomic mass is 35.5. The van der Waals surface area contributed by atoms with E-state index in [2.05, 4.69) is 9.97 Å². The van der Waals surface area contributed by atoms with Crippen LogP contribution in [0.25, 0.3) is 0 Å². The van der Waals surface area contributed by atoms with Gasteiger partial charge in [-0.3, -0.25) is 0 Å². The van der Waals surface area contributed by atoms with Gasteiger partial charge in [-0.15, -0.1) is 0 Å². The van der Waals surface area contributed by atoms with Crippen molar-refractivity contribution >= 4 is 17.4 Å². The van der Waals surface area contributed by atoms with Gasteiger partial charge in [-0.1, -0.05) is 11.6 Å². The summed E-state index contributed by atoms with van der Waals surface area (Å²) < 4.78 is 5.49. The minimum absolute atomic E-state index is 0.240. The third kappa shape index (κ3) is 4.13. The molecule has 0 saturated heterocycles. The van der Waals surface area contributed by atoms with Gasteiger partial charge in [-0.05, 0) is 27.7 Å². The predicted molar refractivity (Wildman–Crippen MR) is 70.9 cm³/mol. The SMILES string of the molecule is Cc1nc(Cl)c(N(C)CCOC(C)C)nc1C. The van der Waals surface area contributed by atoms with Crippen LogP contribution in [0, 0.1) is 13.8 Å². The summed E-state index contributed by atoms with van der Waals surface area (Å²) in [7, 11) is 1.94. The van der Waals surface area contributed by atoms with E-state index in [-0.39, 0.29) is 6.10 Å². The van der Waals surface area contributed by atoms with Crippen molar-refractivity contribution in [2.24, 2.45) is 0 Å². The number of halogens is 1. The zero-order chi connectivity index (χ0) is 13.0. The second kappa shape index (κ2) is 6.17. The minimum Gasteiger partial charge on any atom is -0.377 e. The van der Waals surface area contributed by atoms with Crippen LogP contribution >= 0.6 is 11.6 Å². The Morgan fingerprint density at radius 2 is 1.82 bits per heavy atom. The van der Waals surface area contributed by atoms with Crippen molar-refractivity contribution < 1.29 is 4.74 Å². The molecule has 4 nitrogen and oxygen atoms in total. The third-order valence-electron chi connectivity index (χ3n) is 2.49. The van der Waals surface area contributed by atoms with E-state index in [9.17, 15) is 0 Å². The number of ether oxygens (including phenoxy) is 1. The highest BCUT2D eigenvalue weighted by Gasteiger charge is 2.11. The van der Waals surface area contributed by atoms with Crippen LogP contribution in [0.4, 0.5) is 5.82 Å². The Labute approximate surface area is 108 Å². The number of likely N-dealkylation sites (N-methyl/N-ethyl adjacent to an activating group) is 1. The lowest BCUT2D eigenvalue weighted by molar-refractivity contribution is 0.0845. The molecule has 0 N–H and O–H groups in total. The van der Waals surface area contributed by atoms with Gasteiger partial charge in [0.15, 0.2) is 11.0 Å². The van der Waals surface area contributed by atoms with Gasteiger partial charge in [-0.2, -0.15) is 0 Å². The molecule has 0 bridgehead atoms. The number of anilines is 1. The maximum absolute atomic E-state index is 6.08. The second-order valence-electron chi connectivity index (χ2n) is 4.35. The van der Waals surface area contributed by atoms with Gasteiger partial charge in [0, 0.05) is 13.6 Å². The van der Waals surface area contributed by atoms with Gasteiger partial charge < -0.3 is 9.64 Å². The molecule has 96 valence electrons. The van der Waals surface area contributed by atoms with Crippen LogP contribution in [-0.4, -0.2) is 36.3 Å². The first-order valence-electron chi connectivity index (χ1n) is 5.75. The fourth-order valence-electron chi connectivity index (χ4n) is 1.34. The Morgan fingerprint density at radius 1 is 1.24 bits per heavy atom. The van der Waals surface area contributed by atoms with E-state index in [1.165, 1.54) is 0 Å². The van der Waals surface area contributed by atoms with Crippen molar-refractivity contribution in [3.63, 3.8) is 0 Å². The number of rotatable bonds is 5. The zero-order valence-corrected chi connectivity index (χ0v) is 11.9. The summed E-state index contributed by atoms with van der Waals surface area (Å²) in [6, 6.07) is 0. The molecule has 0 aromatic carbocycles. The summed E-state index contributed by atoms with van der Waals surface area (Å²) in [6.07, 6.45) is 0.240. The molecule has 0 amide bonds. The number of nitrogens with zero attached hydrogens (tertiary/aromatic N) is 3. The van der Waals surface area contributed by atoms with Crippen molar-refractivity contribution in [2.75, 3.05) is 25.1 Å². The lowest BCUT2D eigenvalue weighted by Gasteiger charge is -2.20. The first-order valence-corrected chi connectivity index (χ1v) is 6.13. The van der Waals surface area contributed by atoms with Crippen LogP contribution in [0.5, 0.6) is 0 Å². The maximum atomic E-state index is 6.08. The van der Waals surface area contributed by atoms with E-state index in [1.54, 1.807) is 0 Å². The minimum atomic E-state index is 0.240. The molecule has 1 aromatic heterocycles. The standard InChI is InChI=1S/C12H20ClN3O/c1-8(2)17-7-6-16(5)12-11(13)14-9(3)10(4)15-12/h8H,6-7H2,1-5H3. The summed E-state index contributed by atoms with van der Waals surface area (Å²) >= 11 is 6.08. The molecular formula is C12H20ClN3O. The summed E-state index contributed by atoms with van der Waals surface area (Å²) in [6.45, 7) is 9.26. The lowest BCUT2D eigenvalue weighted by Crippen LogP contribution is -2.25. The molecule has 1 aromatic rings. The number of hydrogen-bond acceptors (Lipinski definition) is 4. The van der Waals surface area contributed by atoms with Crippen molar-refractivity contribution in [3.8, 4) is 0 Å². The molecule has 0 aliphatic heterocycles. The molecular weight excluding hydrogens is 238 g/mol. The van der Waals surface area contributed by atoms with E-state index in [0.717, 1.165) is 17.9 Å². The van der Waals surface area contributed by atoms with Crippen LogP contribution in [0.3, 0.4) is 0 Å². The fraction of sp³-hybridized carbons (Fsp3) is 0.667. The summed E-state index contributed by atoms with van der Waals surface area (Å²) in [5, 5.41) is 0.445. The molecule has 1 rings (SSSR count). The molecule has 5 heteroatoms. The first-order chi connectivity index (χ1) is 7.91. The van der Waals surface area contributed by atoms with Crippen LogP contribution < -0.4 is 4.90 Å². The van der Waals surface area contributed by atoms with E-state index in [0.29, 0.717) is 17.6 Å². The van der Waals surface area contributed by atoms with Gasteiger partial charge in [-0.25, -0.2) is 9.97 Å². The monoisotopic (exact) mass is 257 g/mol. The van der Waals surface area contributed by atoms with E-state index in [4.69, 9.17) is 16.3 Å². The Morgan fingerprint density at radius 3 is 2.41 bits per heavy atom. The molecule has 0 atom stereocenters. The van der Waals surface area contributed by atoms with Crippen LogP contribution in [0.1, 0.15) is 25.2 Å².